The van der Waals surface area contributed by atoms with Crippen molar-refractivity contribution in [3.8, 4) is 11.4 Å². The van der Waals surface area contributed by atoms with E-state index >= 15 is 0 Å². The van der Waals surface area contributed by atoms with Gasteiger partial charge in [-0.2, -0.15) is 0 Å². The van der Waals surface area contributed by atoms with Gasteiger partial charge in [-0.3, -0.25) is 14.2 Å². The van der Waals surface area contributed by atoms with Gasteiger partial charge in [-0.05, 0) is 24.3 Å². The van der Waals surface area contributed by atoms with Crippen LogP contribution in [-0.2, 0) is 16.0 Å². The van der Waals surface area contributed by atoms with Crippen LogP contribution in [0, 0.1) is 0 Å². The second-order valence-electron chi connectivity index (χ2n) is 6.79. The van der Waals surface area contributed by atoms with Crippen LogP contribution in [0.3, 0.4) is 0 Å². The number of hydrogen-bond donors (Lipinski definition) is 0. The Labute approximate surface area is 168 Å². The molecule has 7 nitrogen and oxygen atoms in total. The molecule has 0 aliphatic carbocycles. The van der Waals surface area contributed by atoms with Crippen LogP contribution in [0.1, 0.15) is 12.7 Å². The lowest BCUT2D eigenvalue weighted by atomic mass is 10.2. The van der Waals surface area contributed by atoms with E-state index in [9.17, 15) is 9.59 Å². The Morgan fingerprint density at radius 1 is 1.10 bits per heavy atom. The first-order chi connectivity index (χ1) is 14.2. The third kappa shape index (κ3) is 3.86. The Kier molecular flexibility index (Phi) is 5.57. The molecule has 4 rings (SSSR count). The van der Waals surface area contributed by atoms with Crippen LogP contribution in [0.5, 0.6) is 5.75 Å². The molecule has 150 valence electrons. The number of carbonyl (C=O) groups is 1. The monoisotopic (exact) mass is 393 g/mol. The Morgan fingerprint density at radius 3 is 2.59 bits per heavy atom. The molecule has 3 aromatic rings. The van der Waals surface area contributed by atoms with Crippen molar-refractivity contribution in [2.75, 3.05) is 32.9 Å². The zero-order valence-corrected chi connectivity index (χ0v) is 16.3. The predicted molar refractivity (Wildman–Crippen MR) is 110 cm³/mol. The molecule has 2 heterocycles. The highest BCUT2D eigenvalue weighted by Gasteiger charge is 2.19. The van der Waals surface area contributed by atoms with E-state index in [2.05, 4.69) is 4.98 Å². The molecule has 1 saturated heterocycles. The molecular formula is C22H23N3O4. The zero-order valence-electron chi connectivity index (χ0n) is 16.3. The van der Waals surface area contributed by atoms with Gasteiger partial charge in [0.1, 0.15) is 17.0 Å². The fraction of sp³-hybridized carbons (Fsp3) is 0.318. The van der Waals surface area contributed by atoms with Crippen LogP contribution < -0.4 is 10.3 Å². The highest BCUT2D eigenvalue weighted by Crippen LogP contribution is 2.23. The predicted octanol–water partition coefficient (Wildman–Crippen LogP) is 2.19. The molecule has 7 heteroatoms. The molecule has 0 spiro atoms. The van der Waals surface area contributed by atoms with E-state index in [1.54, 1.807) is 27.7 Å². The topological polar surface area (TPSA) is 73.7 Å². The zero-order chi connectivity index (χ0) is 20.2. The molecule has 2 aromatic carbocycles. The van der Waals surface area contributed by atoms with E-state index in [0.717, 1.165) is 5.69 Å². The minimum absolute atomic E-state index is 0.119. The maximum Gasteiger partial charge on any atom is 0.269 e. The van der Waals surface area contributed by atoms with Crippen LogP contribution in [0.2, 0.25) is 0 Å². The molecule has 29 heavy (non-hydrogen) atoms. The second-order valence-corrected chi connectivity index (χ2v) is 6.79. The number of aryl methyl sites for hydroxylation is 1. The van der Waals surface area contributed by atoms with Gasteiger partial charge in [0, 0.05) is 19.5 Å². The van der Waals surface area contributed by atoms with Crippen molar-refractivity contribution in [1.82, 2.24) is 14.5 Å². The van der Waals surface area contributed by atoms with Crippen molar-refractivity contribution >= 4 is 16.8 Å². The Bertz CT molecular complexity index is 1070. The summed E-state index contributed by atoms with van der Waals surface area (Å²) >= 11 is 0. The Hall–Kier alpha value is -3.19. The summed E-state index contributed by atoms with van der Waals surface area (Å²) in [6.45, 7) is 4.02. The van der Waals surface area contributed by atoms with Crippen molar-refractivity contribution in [1.29, 1.82) is 0 Å². The summed E-state index contributed by atoms with van der Waals surface area (Å²) in [5.74, 6) is 0.927. The minimum atomic E-state index is -0.201. The number of morpholine rings is 1. The average Bonchev–Trinajstić information content (AvgIpc) is 2.78. The van der Waals surface area contributed by atoms with E-state index < -0.39 is 0 Å². The minimum Gasteiger partial charge on any atom is -0.483 e. The third-order valence-electron chi connectivity index (χ3n) is 4.97. The summed E-state index contributed by atoms with van der Waals surface area (Å²) < 4.78 is 12.7. The van der Waals surface area contributed by atoms with Gasteiger partial charge in [-0.25, -0.2) is 4.98 Å². The summed E-state index contributed by atoms with van der Waals surface area (Å²) in [7, 11) is 0. The van der Waals surface area contributed by atoms with Gasteiger partial charge >= 0.3 is 0 Å². The van der Waals surface area contributed by atoms with E-state index in [-0.39, 0.29) is 18.1 Å². The molecule has 0 unspecified atom stereocenters. The van der Waals surface area contributed by atoms with Gasteiger partial charge in [0.15, 0.2) is 6.61 Å². The molecule has 1 aromatic heterocycles. The van der Waals surface area contributed by atoms with Crippen LogP contribution in [-0.4, -0.2) is 53.3 Å². The number of hydrogen-bond acceptors (Lipinski definition) is 5. The van der Waals surface area contributed by atoms with Crippen molar-refractivity contribution in [2.24, 2.45) is 0 Å². The van der Waals surface area contributed by atoms with Gasteiger partial charge in [0.25, 0.3) is 11.5 Å². The molecule has 0 saturated carbocycles. The largest absolute Gasteiger partial charge is 0.483 e. The number of fused-ring (bicyclic) bond motifs is 1. The van der Waals surface area contributed by atoms with Gasteiger partial charge in [0.2, 0.25) is 0 Å². The summed E-state index contributed by atoms with van der Waals surface area (Å²) in [6, 6.07) is 14.7. The lowest BCUT2D eigenvalue weighted by Gasteiger charge is -2.26. The highest BCUT2D eigenvalue weighted by atomic mass is 16.5. The molecular weight excluding hydrogens is 370 g/mol. The van der Waals surface area contributed by atoms with Gasteiger partial charge in [-0.1, -0.05) is 31.2 Å². The van der Waals surface area contributed by atoms with Gasteiger partial charge in [0.05, 0.1) is 24.4 Å². The molecule has 0 N–H and O–H groups in total. The Morgan fingerprint density at radius 2 is 1.86 bits per heavy atom. The van der Waals surface area contributed by atoms with Gasteiger partial charge in [-0.15, -0.1) is 0 Å². The smallest absolute Gasteiger partial charge is 0.269 e. The fourth-order valence-electron chi connectivity index (χ4n) is 3.49. The Balaban J connectivity index is 1.72. The number of aromatic nitrogens is 2. The van der Waals surface area contributed by atoms with E-state index in [1.165, 1.54) is 0 Å². The quantitative estimate of drug-likeness (QED) is 0.664. The summed E-state index contributed by atoms with van der Waals surface area (Å²) in [5.41, 5.74) is 1.12. The average molecular weight is 393 g/mol. The number of amides is 1. The van der Waals surface area contributed by atoms with Crippen molar-refractivity contribution in [3.63, 3.8) is 0 Å². The maximum atomic E-state index is 13.4. The highest BCUT2D eigenvalue weighted by molar-refractivity contribution is 5.85. The van der Waals surface area contributed by atoms with E-state index in [4.69, 9.17) is 9.47 Å². The SMILES string of the molecule is CCc1nc2cccc(OCC(=O)N3CCOCC3)c2c(=O)n1-c1ccccc1. The first-order valence-electron chi connectivity index (χ1n) is 9.77. The van der Waals surface area contributed by atoms with E-state index in [1.807, 2.05) is 37.3 Å². The molecule has 1 amide bonds. The summed E-state index contributed by atoms with van der Waals surface area (Å²) in [6.07, 6.45) is 0.612. The third-order valence-corrected chi connectivity index (χ3v) is 4.97. The van der Waals surface area contributed by atoms with Crippen LogP contribution in [0.4, 0.5) is 0 Å². The summed E-state index contributed by atoms with van der Waals surface area (Å²) in [5, 5.41) is 0.378. The number of ether oxygens (including phenoxy) is 2. The lowest BCUT2D eigenvalue weighted by molar-refractivity contribution is -0.137. The van der Waals surface area contributed by atoms with Crippen LogP contribution in [0.25, 0.3) is 16.6 Å². The molecule has 0 atom stereocenters. The second kappa shape index (κ2) is 8.45. The van der Waals surface area contributed by atoms with Crippen LogP contribution >= 0.6 is 0 Å². The van der Waals surface area contributed by atoms with Crippen molar-refractivity contribution < 1.29 is 14.3 Å². The number of nitrogens with zero attached hydrogens (tertiary/aromatic N) is 3. The van der Waals surface area contributed by atoms with Crippen LogP contribution in [0.15, 0.2) is 53.3 Å². The number of rotatable bonds is 5. The fourth-order valence-corrected chi connectivity index (χ4v) is 3.49. The molecule has 1 aliphatic heterocycles. The molecule has 0 bridgehead atoms. The van der Waals surface area contributed by atoms with Crippen molar-refractivity contribution in [2.45, 2.75) is 13.3 Å². The summed E-state index contributed by atoms with van der Waals surface area (Å²) in [4.78, 5) is 32.2. The molecule has 0 radical (unpaired) electrons. The molecule has 1 fully saturated rings. The van der Waals surface area contributed by atoms with Gasteiger partial charge < -0.3 is 14.4 Å². The first-order valence-corrected chi connectivity index (χ1v) is 9.77. The van der Waals surface area contributed by atoms with E-state index in [0.29, 0.717) is 55.2 Å². The number of carbonyl (C=O) groups excluding carboxylic acids is 1. The first kappa shape index (κ1) is 19.1. The normalized spacial score (nSPS) is 14.2. The lowest BCUT2D eigenvalue weighted by Crippen LogP contribution is -2.43. The standard InChI is InChI=1S/C22H23N3O4/c1-2-19-23-17-9-6-10-18(29-15-20(26)24-11-13-28-14-12-24)21(17)22(27)25(19)16-7-4-3-5-8-16/h3-10H,2,11-15H2,1H3. The van der Waals surface area contributed by atoms with Crippen molar-refractivity contribution in [3.05, 3.63) is 64.7 Å². The maximum absolute atomic E-state index is 13.4. The number of para-hydroxylation sites is 1. The number of benzene rings is 2. The molecule has 1 aliphatic rings.